The number of aryl methyl sites for hydroxylation is 2. The molecule has 3 heteroatoms. The minimum Gasteiger partial charge on any atom is -0.345 e. The summed E-state index contributed by atoms with van der Waals surface area (Å²) in [6, 6.07) is 23.8. The second-order valence-electron chi connectivity index (χ2n) is 9.60. The van der Waals surface area contributed by atoms with Crippen LogP contribution in [0.5, 0.6) is 0 Å². The summed E-state index contributed by atoms with van der Waals surface area (Å²) in [6.07, 6.45) is 6.92. The molecule has 0 bridgehead atoms. The van der Waals surface area contributed by atoms with Crippen LogP contribution in [0.4, 0.5) is 0 Å². The summed E-state index contributed by atoms with van der Waals surface area (Å²) in [5.74, 6) is 0.0121. The average Bonchev–Trinajstić information content (AvgIpc) is 2.87. The van der Waals surface area contributed by atoms with Gasteiger partial charge in [-0.05, 0) is 84.0 Å². The van der Waals surface area contributed by atoms with Crippen molar-refractivity contribution in [3.8, 4) is 0 Å². The van der Waals surface area contributed by atoms with Gasteiger partial charge in [-0.3, -0.25) is 9.69 Å². The summed E-state index contributed by atoms with van der Waals surface area (Å²) in [4.78, 5) is 15.5. The van der Waals surface area contributed by atoms with Crippen LogP contribution in [0, 0.1) is 0 Å². The van der Waals surface area contributed by atoms with Gasteiger partial charge in [-0.1, -0.05) is 61.5 Å². The van der Waals surface area contributed by atoms with Crippen LogP contribution in [-0.2, 0) is 32.4 Å². The Labute approximate surface area is 197 Å². The van der Waals surface area contributed by atoms with Crippen LogP contribution in [0.3, 0.4) is 0 Å². The summed E-state index contributed by atoms with van der Waals surface area (Å²) < 4.78 is 0. The molecule has 0 aromatic heterocycles. The predicted octanol–water partition coefficient (Wildman–Crippen LogP) is 6.00. The number of hydrogen-bond acceptors (Lipinski definition) is 2. The first kappa shape index (κ1) is 21.9. The molecular formula is C30H34N2O. The maximum atomic E-state index is 13.0. The zero-order chi connectivity index (χ0) is 22.6. The molecule has 1 N–H and O–H groups in total. The zero-order valence-corrected chi connectivity index (χ0v) is 19.6. The van der Waals surface area contributed by atoms with Crippen molar-refractivity contribution in [2.75, 3.05) is 6.54 Å². The maximum Gasteiger partial charge on any atom is 0.251 e. The summed E-state index contributed by atoms with van der Waals surface area (Å²) in [5.41, 5.74) is 9.09. The smallest absolute Gasteiger partial charge is 0.251 e. The lowest BCUT2D eigenvalue weighted by Crippen LogP contribution is -2.30. The standard InChI is InChI=1S/C30H34N2O/c1-2-29(27-16-15-23-7-3-5-9-26(23)19-27)31-30(33)25-13-11-22(12-14-25)20-32-18-17-24-8-4-6-10-28(24)21-32/h4,6,8,10-16,19,29H,2-3,5,7,9,17-18,20-21H2,1H3,(H,31,33)/t29-/m0/s1. The highest BCUT2D eigenvalue weighted by Crippen LogP contribution is 2.26. The van der Waals surface area contributed by atoms with E-state index in [2.05, 4.69) is 71.7 Å². The number of hydrogen-bond donors (Lipinski definition) is 1. The van der Waals surface area contributed by atoms with Crippen LogP contribution in [0.25, 0.3) is 0 Å². The number of rotatable bonds is 6. The van der Waals surface area contributed by atoms with Gasteiger partial charge in [0.1, 0.15) is 0 Å². The lowest BCUT2D eigenvalue weighted by molar-refractivity contribution is 0.0935. The van der Waals surface area contributed by atoms with E-state index < -0.39 is 0 Å². The number of nitrogens with one attached hydrogen (secondary N) is 1. The zero-order valence-electron chi connectivity index (χ0n) is 19.6. The Bertz CT molecular complexity index is 1120. The summed E-state index contributed by atoms with van der Waals surface area (Å²) in [6.45, 7) is 5.14. The minimum atomic E-state index is 0.0121. The van der Waals surface area contributed by atoms with E-state index in [1.165, 1.54) is 52.6 Å². The van der Waals surface area contributed by atoms with Crippen LogP contribution in [0.15, 0.2) is 66.7 Å². The maximum absolute atomic E-state index is 13.0. The Balaban J connectivity index is 1.21. The fraction of sp³-hybridized carbons (Fsp3) is 0.367. The van der Waals surface area contributed by atoms with E-state index in [1.54, 1.807) is 0 Å². The van der Waals surface area contributed by atoms with Crippen molar-refractivity contribution >= 4 is 5.91 Å². The fourth-order valence-corrected chi connectivity index (χ4v) is 5.34. The van der Waals surface area contributed by atoms with Crippen molar-refractivity contribution in [3.63, 3.8) is 0 Å². The molecule has 0 radical (unpaired) electrons. The fourth-order valence-electron chi connectivity index (χ4n) is 5.34. The third-order valence-corrected chi connectivity index (χ3v) is 7.32. The highest BCUT2D eigenvalue weighted by molar-refractivity contribution is 5.94. The van der Waals surface area contributed by atoms with E-state index in [-0.39, 0.29) is 11.9 Å². The van der Waals surface area contributed by atoms with E-state index in [0.717, 1.165) is 44.5 Å². The average molecular weight is 439 g/mol. The molecular weight excluding hydrogens is 404 g/mol. The minimum absolute atomic E-state index is 0.0121. The molecule has 5 rings (SSSR count). The number of fused-ring (bicyclic) bond motifs is 2. The third kappa shape index (κ3) is 5.04. The first-order valence-electron chi connectivity index (χ1n) is 12.5. The van der Waals surface area contributed by atoms with Crippen molar-refractivity contribution in [3.05, 3.63) is 106 Å². The molecule has 0 fully saturated rings. The van der Waals surface area contributed by atoms with E-state index in [9.17, 15) is 4.79 Å². The highest BCUT2D eigenvalue weighted by Gasteiger charge is 2.18. The number of nitrogens with zero attached hydrogens (tertiary/aromatic N) is 1. The molecule has 1 aliphatic carbocycles. The van der Waals surface area contributed by atoms with Gasteiger partial charge in [0.25, 0.3) is 5.91 Å². The molecule has 3 nitrogen and oxygen atoms in total. The number of carbonyl (C=O) groups excluding carboxylic acids is 1. The topological polar surface area (TPSA) is 32.3 Å². The Morgan fingerprint density at radius 3 is 2.39 bits per heavy atom. The second kappa shape index (κ2) is 9.93. The van der Waals surface area contributed by atoms with Crippen LogP contribution < -0.4 is 5.32 Å². The molecule has 0 spiro atoms. The van der Waals surface area contributed by atoms with Crippen molar-refractivity contribution in [2.24, 2.45) is 0 Å². The normalized spacial score (nSPS) is 16.5. The number of amides is 1. The lowest BCUT2D eigenvalue weighted by atomic mass is 9.88. The molecule has 1 atom stereocenters. The van der Waals surface area contributed by atoms with Crippen molar-refractivity contribution < 1.29 is 4.79 Å². The quantitative estimate of drug-likeness (QED) is 0.511. The van der Waals surface area contributed by atoms with Crippen molar-refractivity contribution in [1.82, 2.24) is 10.2 Å². The second-order valence-corrected chi connectivity index (χ2v) is 9.60. The van der Waals surface area contributed by atoms with Crippen LogP contribution in [-0.4, -0.2) is 17.4 Å². The molecule has 0 saturated heterocycles. The number of carbonyl (C=O) groups is 1. The Morgan fingerprint density at radius 1 is 0.879 bits per heavy atom. The van der Waals surface area contributed by atoms with Gasteiger partial charge < -0.3 is 5.32 Å². The van der Waals surface area contributed by atoms with Gasteiger partial charge in [0, 0.05) is 25.2 Å². The number of benzene rings is 3. The Hall–Kier alpha value is -2.91. The SMILES string of the molecule is CC[C@H](NC(=O)c1ccc(CN2CCc3ccccc3C2)cc1)c1ccc2c(c1)CCCC2. The summed E-state index contributed by atoms with van der Waals surface area (Å²) in [7, 11) is 0. The molecule has 170 valence electrons. The summed E-state index contributed by atoms with van der Waals surface area (Å²) in [5, 5.41) is 3.27. The van der Waals surface area contributed by atoms with Crippen LogP contribution in [0.2, 0.25) is 0 Å². The van der Waals surface area contributed by atoms with E-state index in [4.69, 9.17) is 0 Å². The van der Waals surface area contributed by atoms with Crippen LogP contribution >= 0.6 is 0 Å². The predicted molar refractivity (Wildman–Crippen MR) is 134 cm³/mol. The van der Waals surface area contributed by atoms with Crippen molar-refractivity contribution in [2.45, 2.75) is 64.6 Å². The molecule has 3 aromatic carbocycles. The third-order valence-electron chi connectivity index (χ3n) is 7.32. The monoisotopic (exact) mass is 438 g/mol. The first-order valence-corrected chi connectivity index (χ1v) is 12.5. The van der Waals surface area contributed by atoms with Gasteiger partial charge in [-0.25, -0.2) is 0 Å². The lowest BCUT2D eigenvalue weighted by Gasteiger charge is -2.28. The van der Waals surface area contributed by atoms with Gasteiger partial charge >= 0.3 is 0 Å². The largest absolute Gasteiger partial charge is 0.345 e. The molecule has 0 unspecified atom stereocenters. The van der Waals surface area contributed by atoms with Gasteiger partial charge in [0.05, 0.1) is 6.04 Å². The van der Waals surface area contributed by atoms with E-state index in [1.807, 2.05) is 12.1 Å². The molecule has 2 aliphatic rings. The molecule has 3 aromatic rings. The van der Waals surface area contributed by atoms with Crippen LogP contribution in [0.1, 0.15) is 76.0 Å². The van der Waals surface area contributed by atoms with Gasteiger partial charge in [-0.2, -0.15) is 0 Å². The van der Waals surface area contributed by atoms with Crippen molar-refractivity contribution in [1.29, 1.82) is 0 Å². The first-order chi connectivity index (χ1) is 16.2. The van der Waals surface area contributed by atoms with E-state index >= 15 is 0 Å². The molecule has 0 saturated carbocycles. The highest BCUT2D eigenvalue weighted by atomic mass is 16.1. The molecule has 1 aliphatic heterocycles. The molecule has 33 heavy (non-hydrogen) atoms. The van der Waals surface area contributed by atoms with Gasteiger partial charge in [0.2, 0.25) is 0 Å². The van der Waals surface area contributed by atoms with Gasteiger partial charge in [0.15, 0.2) is 0 Å². The Kier molecular flexibility index (Phi) is 6.59. The molecule has 1 heterocycles. The summed E-state index contributed by atoms with van der Waals surface area (Å²) >= 11 is 0. The van der Waals surface area contributed by atoms with E-state index in [0.29, 0.717) is 0 Å². The van der Waals surface area contributed by atoms with Gasteiger partial charge in [-0.15, -0.1) is 0 Å². The Morgan fingerprint density at radius 2 is 1.61 bits per heavy atom. The molecule has 1 amide bonds.